The first-order valence-electron chi connectivity index (χ1n) is 13.2. The lowest BCUT2D eigenvalue weighted by atomic mass is 9.94. The van der Waals surface area contributed by atoms with Gasteiger partial charge in [-0.15, -0.1) is 0 Å². The van der Waals surface area contributed by atoms with Gasteiger partial charge in [0.2, 0.25) is 0 Å². The quantitative estimate of drug-likeness (QED) is 0.184. The molecular weight excluding hydrogens is 494 g/mol. The van der Waals surface area contributed by atoms with Crippen molar-refractivity contribution in [2.75, 3.05) is 25.2 Å². The minimum atomic E-state index is -0.837. The fraction of sp³-hybridized carbons (Fsp3) is 0.312. The number of anilines is 1. The van der Waals surface area contributed by atoms with Crippen LogP contribution < -0.4 is 19.1 Å². The van der Waals surface area contributed by atoms with Gasteiger partial charge in [-0.25, -0.2) is 0 Å². The number of amides is 1. The van der Waals surface area contributed by atoms with Crippen LogP contribution in [0, 0.1) is 12.8 Å². The van der Waals surface area contributed by atoms with E-state index in [0.29, 0.717) is 53.2 Å². The van der Waals surface area contributed by atoms with Gasteiger partial charge in [-0.1, -0.05) is 32.9 Å². The number of nitrogens with zero attached hydrogens (tertiary/aromatic N) is 1. The first-order valence-corrected chi connectivity index (χ1v) is 13.2. The molecule has 204 valence electrons. The van der Waals surface area contributed by atoms with E-state index in [1.807, 2.05) is 38.1 Å². The Morgan fingerprint density at radius 1 is 0.949 bits per heavy atom. The van der Waals surface area contributed by atoms with Crippen LogP contribution in [0.3, 0.4) is 0 Å². The Kier molecular flexibility index (Phi) is 8.59. The first kappa shape index (κ1) is 27.8. The molecule has 1 unspecified atom stereocenters. The van der Waals surface area contributed by atoms with Crippen LogP contribution >= 0.6 is 0 Å². The number of aliphatic hydroxyl groups excluding tert-OH is 1. The van der Waals surface area contributed by atoms with E-state index in [1.54, 1.807) is 49.6 Å². The van der Waals surface area contributed by atoms with Gasteiger partial charge < -0.3 is 19.3 Å². The van der Waals surface area contributed by atoms with Crippen LogP contribution in [0.15, 0.2) is 72.3 Å². The Balaban J connectivity index is 1.81. The molecule has 1 amide bonds. The number of Topliss-reactive ketones (excluding diaryl/α,β-unsaturated/α-hetero) is 1. The number of benzene rings is 3. The number of carbonyl (C=O) groups excluding carboxylic acids is 2. The lowest BCUT2D eigenvalue weighted by Crippen LogP contribution is -2.29. The Hall–Kier alpha value is -4.26. The maximum Gasteiger partial charge on any atom is 0.300 e. The van der Waals surface area contributed by atoms with Gasteiger partial charge in [-0.2, -0.15) is 0 Å². The molecule has 7 nitrogen and oxygen atoms in total. The third-order valence-electron chi connectivity index (χ3n) is 6.48. The van der Waals surface area contributed by atoms with E-state index in [1.165, 1.54) is 4.90 Å². The van der Waals surface area contributed by atoms with Gasteiger partial charge in [0.05, 0.1) is 31.9 Å². The number of rotatable bonds is 10. The standard InChI is InChI=1S/C32H35NO6/c1-6-17-38-26-12-7-22(8-13-26)29-28(30(34)23-9-16-27(21(4)18-23)39-19-20(2)3)31(35)32(36)33(29)24-10-14-25(37-5)15-11-24/h7-16,18,20,29,34H,6,17,19H2,1-5H3/b30-28-. The molecule has 1 fully saturated rings. The molecule has 1 N–H and O–H groups in total. The minimum absolute atomic E-state index is 0.0216. The van der Waals surface area contributed by atoms with Crippen molar-refractivity contribution >= 4 is 23.1 Å². The topological polar surface area (TPSA) is 85.3 Å². The smallest absolute Gasteiger partial charge is 0.300 e. The molecule has 3 aromatic rings. The predicted molar refractivity (Wildman–Crippen MR) is 152 cm³/mol. The minimum Gasteiger partial charge on any atom is -0.507 e. The monoisotopic (exact) mass is 529 g/mol. The van der Waals surface area contributed by atoms with Crippen LogP contribution in [0.1, 0.15) is 49.9 Å². The number of ether oxygens (including phenoxy) is 3. The second-order valence-corrected chi connectivity index (χ2v) is 9.97. The summed E-state index contributed by atoms with van der Waals surface area (Å²) < 4.78 is 16.9. The summed E-state index contributed by atoms with van der Waals surface area (Å²) in [5.74, 6) is 0.681. The highest BCUT2D eigenvalue weighted by molar-refractivity contribution is 6.51. The highest BCUT2D eigenvalue weighted by Gasteiger charge is 2.47. The molecule has 3 aromatic carbocycles. The van der Waals surface area contributed by atoms with Crippen molar-refractivity contribution in [2.24, 2.45) is 5.92 Å². The zero-order valence-corrected chi connectivity index (χ0v) is 23.1. The molecule has 0 aromatic heterocycles. The second-order valence-electron chi connectivity index (χ2n) is 9.97. The summed E-state index contributed by atoms with van der Waals surface area (Å²) in [6.07, 6.45) is 0.875. The van der Waals surface area contributed by atoms with Crippen LogP contribution in [0.5, 0.6) is 17.2 Å². The third kappa shape index (κ3) is 5.93. The van der Waals surface area contributed by atoms with Gasteiger partial charge in [0.15, 0.2) is 0 Å². The van der Waals surface area contributed by atoms with Crippen molar-refractivity contribution in [3.05, 3.63) is 89.0 Å². The number of methoxy groups -OCH3 is 1. The Bertz CT molecular complexity index is 1360. The van der Waals surface area contributed by atoms with E-state index in [4.69, 9.17) is 14.2 Å². The van der Waals surface area contributed by atoms with Crippen LogP contribution in [-0.2, 0) is 9.59 Å². The van der Waals surface area contributed by atoms with Gasteiger partial charge in [-0.05, 0) is 85.0 Å². The van der Waals surface area contributed by atoms with Gasteiger partial charge in [0.25, 0.3) is 11.7 Å². The van der Waals surface area contributed by atoms with Gasteiger partial charge in [0.1, 0.15) is 23.0 Å². The summed E-state index contributed by atoms with van der Waals surface area (Å²) >= 11 is 0. The summed E-state index contributed by atoms with van der Waals surface area (Å²) in [5.41, 5.74) is 2.46. The molecule has 1 aliphatic heterocycles. The lowest BCUT2D eigenvalue weighted by molar-refractivity contribution is -0.132. The summed E-state index contributed by atoms with van der Waals surface area (Å²) in [7, 11) is 1.56. The number of aryl methyl sites for hydroxylation is 1. The Labute approximate surface area is 229 Å². The summed E-state index contributed by atoms with van der Waals surface area (Å²) in [4.78, 5) is 28.3. The van der Waals surface area contributed by atoms with Gasteiger partial charge in [0, 0.05) is 11.3 Å². The summed E-state index contributed by atoms with van der Waals surface area (Å²) in [5, 5.41) is 11.5. The van der Waals surface area contributed by atoms with Crippen LogP contribution in [0.4, 0.5) is 5.69 Å². The molecule has 0 saturated carbocycles. The van der Waals surface area contributed by atoms with E-state index in [9.17, 15) is 14.7 Å². The third-order valence-corrected chi connectivity index (χ3v) is 6.48. The number of carbonyl (C=O) groups is 2. The van der Waals surface area contributed by atoms with Gasteiger partial charge >= 0.3 is 0 Å². The van der Waals surface area contributed by atoms with Crippen LogP contribution in [0.2, 0.25) is 0 Å². The molecule has 1 saturated heterocycles. The molecule has 7 heteroatoms. The number of ketones is 1. The number of hydrogen-bond acceptors (Lipinski definition) is 6. The normalized spacial score (nSPS) is 16.6. The SMILES string of the molecule is CCCOc1ccc(C2/C(=C(/O)c3ccc(OCC(C)C)c(C)c3)C(=O)C(=O)N2c2ccc(OC)cc2)cc1. The molecule has 0 spiro atoms. The molecule has 4 rings (SSSR count). The Morgan fingerprint density at radius 2 is 1.62 bits per heavy atom. The average Bonchev–Trinajstić information content (AvgIpc) is 3.21. The zero-order valence-electron chi connectivity index (χ0n) is 23.1. The molecule has 1 atom stereocenters. The molecule has 0 bridgehead atoms. The van der Waals surface area contributed by atoms with Crippen LogP contribution in [-0.4, -0.2) is 37.1 Å². The summed E-state index contributed by atoms with van der Waals surface area (Å²) in [6, 6.07) is 18.6. The molecule has 0 radical (unpaired) electrons. The molecule has 1 heterocycles. The maximum atomic E-state index is 13.5. The fourth-order valence-corrected chi connectivity index (χ4v) is 4.49. The molecule has 39 heavy (non-hydrogen) atoms. The highest BCUT2D eigenvalue weighted by atomic mass is 16.5. The lowest BCUT2D eigenvalue weighted by Gasteiger charge is -2.26. The summed E-state index contributed by atoms with van der Waals surface area (Å²) in [6.45, 7) is 9.20. The van der Waals surface area contributed by atoms with Crippen LogP contribution in [0.25, 0.3) is 5.76 Å². The number of hydrogen-bond donors (Lipinski definition) is 1. The van der Waals surface area contributed by atoms with Crippen molar-refractivity contribution in [2.45, 2.75) is 40.2 Å². The van der Waals surface area contributed by atoms with Gasteiger partial charge in [-0.3, -0.25) is 14.5 Å². The molecular formula is C32H35NO6. The maximum absolute atomic E-state index is 13.5. The largest absolute Gasteiger partial charge is 0.507 e. The Morgan fingerprint density at radius 3 is 2.21 bits per heavy atom. The second kappa shape index (κ2) is 12.1. The van der Waals surface area contributed by atoms with E-state index in [0.717, 1.165) is 12.0 Å². The van der Waals surface area contributed by atoms with Crippen molar-refractivity contribution in [1.29, 1.82) is 0 Å². The van der Waals surface area contributed by atoms with Crippen molar-refractivity contribution in [3.8, 4) is 17.2 Å². The molecule has 0 aliphatic carbocycles. The average molecular weight is 530 g/mol. The van der Waals surface area contributed by atoms with Crippen molar-refractivity contribution in [3.63, 3.8) is 0 Å². The zero-order chi connectivity index (χ0) is 28.1. The van der Waals surface area contributed by atoms with E-state index in [-0.39, 0.29) is 11.3 Å². The van der Waals surface area contributed by atoms with Crippen molar-refractivity contribution in [1.82, 2.24) is 0 Å². The van der Waals surface area contributed by atoms with E-state index in [2.05, 4.69) is 13.8 Å². The van der Waals surface area contributed by atoms with Crippen molar-refractivity contribution < 1.29 is 28.9 Å². The van der Waals surface area contributed by atoms with E-state index >= 15 is 0 Å². The first-order chi connectivity index (χ1) is 18.7. The fourth-order valence-electron chi connectivity index (χ4n) is 4.49. The highest BCUT2D eigenvalue weighted by Crippen LogP contribution is 2.43. The molecule has 1 aliphatic rings. The number of aliphatic hydroxyl groups is 1. The van der Waals surface area contributed by atoms with E-state index < -0.39 is 17.7 Å². The predicted octanol–water partition coefficient (Wildman–Crippen LogP) is 6.45.